The molecule has 0 spiro atoms. The van der Waals surface area contributed by atoms with E-state index in [1.54, 1.807) is 0 Å². The first-order valence-corrected chi connectivity index (χ1v) is 7.20. The number of aliphatic imine (C=N–C) groups is 1. The molecule has 0 bridgehead atoms. The molecule has 110 valence electrons. The van der Waals surface area contributed by atoms with Gasteiger partial charge in [-0.3, -0.25) is 14.6 Å². The lowest BCUT2D eigenvalue weighted by molar-refractivity contribution is -0.131. The van der Waals surface area contributed by atoms with Gasteiger partial charge < -0.3 is 10.6 Å². The molecule has 6 heteroatoms. The molecule has 0 aromatic heterocycles. The smallest absolute Gasteiger partial charge is 0.244 e. The van der Waals surface area contributed by atoms with Gasteiger partial charge in [0.2, 0.25) is 11.8 Å². The quantitative estimate of drug-likeness (QED) is 0.488. The monoisotopic (exact) mass is 303 g/mol. The Labute approximate surface area is 128 Å². The van der Waals surface area contributed by atoms with Crippen molar-refractivity contribution in [3.63, 3.8) is 0 Å². The second-order valence-corrected chi connectivity index (χ2v) is 5.36. The highest BCUT2D eigenvalue weighted by atomic mass is 32.1. The van der Waals surface area contributed by atoms with Crippen LogP contribution in [0.5, 0.6) is 0 Å². The molecular weight excluding hydrogens is 286 g/mol. The van der Waals surface area contributed by atoms with Crippen LogP contribution in [-0.4, -0.2) is 29.2 Å². The maximum atomic E-state index is 11.7. The lowest BCUT2D eigenvalue weighted by Crippen LogP contribution is -2.56. The number of rotatable bonds is 5. The summed E-state index contributed by atoms with van der Waals surface area (Å²) >= 11 is 4.74. The summed E-state index contributed by atoms with van der Waals surface area (Å²) in [6.45, 7) is 1.96. The fourth-order valence-corrected chi connectivity index (χ4v) is 2.19. The van der Waals surface area contributed by atoms with Gasteiger partial charge in [-0.2, -0.15) is 0 Å². The number of nitrogens with one attached hydrogen (secondary N) is 2. The highest BCUT2D eigenvalue weighted by molar-refractivity contribution is 7.80. The van der Waals surface area contributed by atoms with Gasteiger partial charge in [-0.25, -0.2) is 0 Å². The van der Waals surface area contributed by atoms with Gasteiger partial charge >= 0.3 is 0 Å². The molecule has 1 heterocycles. The predicted octanol–water partition coefficient (Wildman–Crippen LogP) is 1.23. The summed E-state index contributed by atoms with van der Waals surface area (Å²) in [7, 11) is 0. The van der Waals surface area contributed by atoms with Crippen molar-refractivity contribution in [1.82, 2.24) is 10.6 Å². The molecule has 1 aliphatic rings. The standard InChI is InChI=1S/C15H17N3O2S/c1-10(7-8-11-5-3-2-4-6-11)16-9-12-13(19)17-15(21)18-14(12)20/h2-6,9-10,12H,7-8H2,1H3,(H2,17,18,19,20,21)/t10-/m1/s1. The summed E-state index contributed by atoms with van der Waals surface area (Å²) in [6, 6.07) is 10.2. The van der Waals surface area contributed by atoms with E-state index >= 15 is 0 Å². The zero-order valence-electron chi connectivity index (χ0n) is 11.7. The third kappa shape index (κ3) is 4.46. The highest BCUT2D eigenvalue weighted by Gasteiger charge is 2.31. The predicted molar refractivity (Wildman–Crippen MR) is 85.1 cm³/mol. The van der Waals surface area contributed by atoms with E-state index in [0.717, 1.165) is 12.8 Å². The summed E-state index contributed by atoms with van der Waals surface area (Å²) in [6.07, 6.45) is 3.17. The van der Waals surface area contributed by atoms with Gasteiger partial charge in [0.25, 0.3) is 0 Å². The molecule has 2 rings (SSSR count). The zero-order valence-corrected chi connectivity index (χ0v) is 12.5. The molecule has 0 saturated carbocycles. The summed E-state index contributed by atoms with van der Waals surface area (Å²) in [5.74, 6) is -1.76. The third-order valence-electron chi connectivity index (χ3n) is 3.22. The van der Waals surface area contributed by atoms with E-state index in [1.807, 2.05) is 25.1 Å². The van der Waals surface area contributed by atoms with Gasteiger partial charge in [-0.15, -0.1) is 0 Å². The maximum absolute atomic E-state index is 11.7. The fourth-order valence-electron chi connectivity index (χ4n) is 1.99. The average molecular weight is 303 g/mol. The van der Waals surface area contributed by atoms with E-state index in [9.17, 15) is 9.59 Å². The molecule has 5 nitrogen and oxygen atoms in total. The third-order valence-corrected chi connectivity index (χ3v) is 3.43. The van der Waals surface area contributed by atoms with E-state index in [0.29, 0.717) is 0 Å². The number of hydrogen-bond donors (Lipinski definition) is 2. The molecule has 1 atom stereocenters. The van der Waals surface area contributed by atoms with Crippen LogP contribution in [0.25, 0.3) is 0 Å². The minimum absolute atomic E-state index is 0.0414. The van der Waals surface area contributed by atoms with Crippen LogP contribution in [0, 0.1) is 5.92 Å². The molecular formula is C15H17N3O2S. The minimum Gasteiger partial charge on any atom is -0.302 e. The van der Waals surface area contributed by atoms with Crippen molar-refractivity contribution >= 4 is 35.4 Å². The van der Waals surface area contributed by atoms with Crippen LogP contribution in [0.15, 0.2) is 35.3 Å². The molecule has 2 amide bonds. The van der Waals surface area contributed by atoms with Crippen LogP contribution in [0.2, 0.25) is 0 Å². The first-order valence-electron chi connectivity index (χ1n) is 6.79. The van der Waals surface area contributed by atoms with Crippen molar-refractivity contribution < 1.29 is 9.59 Å². The van der Waals surface area contributed by atoms with Crippen molar-refractivity contribution in [3.05, 3.63) is 35.9 Å². The van der Waals surface area contributed by atoms with Gasteiger partial charge in [0.15, 0.2) is 11.0 Å². The number of thiocarbonyl (C=S) groups is 1. The Morgan fingerprint density at radius 1 is 1.24 bits per heavy atom. The topological polar surface area (TPSA) is 70.6 Å². The van der Waals surface area contributed by atoms with Crippen LogP contribution in [0.3, 0.4) is 0 Å². The van der Waals surface area contributed by atoms with Crippen LogP contribution < -0.4 is 10.6 Å². The minimum atomic E-state index is -0.907. The summed E-state index contributed by atoms with van der Waals surface area (Å²) in [5, 5.41) is 4.87. The lowest BCUT2D eigenvalue weighted by Gasteiger charge is -2.19. The highest BCUT2D eigenvalue weighted by Crippen LogP contribution is 2.08. The molecule has 1 aliphatic heterocycles. The summed E-state index contributed by atoms with van der Waals surface area (Å²) in [4.78, 5) is 27.6. The first kappa shape index (κ1) is 15.3. The van der Waals surface area contributed by atoms with Crippen LogP contribution >= 0.6 is 12.2 Å². The van der Waals surface area contributed by atoms with Crippen molar-refractivity contribution in [1.29, 1.82) is 0 Å². The Kier molecular flexibility index (Phi) is 5.16. The van der Waals surface area contributed by atoms with Gasteiger partial charge in [-0.1, -0.05) is 30.3 Å². The molecule has 1 aromatic carbocycles. The largest absolute Gasteiger partial charge is 0.302 e. The van der Waals surface area contributed by atoms with Crippen molar-refractivity contribution in [3.8, 4) is 0 Å². The summed E-state index contributed by atoms with van der Waals surface area (Å²) in [5.41, 5.74) is 1.25. The molecule has 0 radical (unpaired) electrons. The van der Waals surface area contributed by atoms with E-state index in [2.05, 4.69) is 27.8 Å². The molecule has 0 unspecified atom stereocenters. The molecule has 1 aromatic rings. The average Bonchev–Trinajstić information content (AvgIpc) is 2.45. The Morgan fingerprint density at radius 2 is 1.86 bits per heavy atom. The number of carbonyl (C=O) groups excluding carboxylic acids is 2. The Hall–Kier alpha value is -2.08. The fraction of sp³-hybridized carbons (Fsp3) is 0.333. The molecule has 2 N–H and O–H groups in total. The number of aryl methyl sites for hydroxylation is 1. The van der Waals surface area contributed by atoms with Crippen molar-refractivity contribution in [2.24, 2.45) is 10.9 Å². The van der Waals surface area contributed by atoms with Crippen LogP contribution in [0.4, 0.5) is 0 Å². The van der Waals surface area contributed by atoms with Crippen LogP contribution in [0.1, 0.15) is 18.9 Å². The molecule has 1 fully saturated rings. The van der Waals surface area contributed by atoms with E-state index in [1.165, 1.54) is 11.8 Å². The molecule has 0 aliphatic carbocycles. The number of nitrogens with zero attached hydrogens (tertiary/aromatic N) is 1. The Morgan fingerprint density at radius 3 is 2.48 bits per heavy atom. The lowest BCUT2D eigenvalue weighted by atomic mass is 10.1. The molecule has 1 saturated heterocycles. The van der Waals surface area contributed by atoms with Crippen molar-refractivity contribution in [2.45, 2.75) is 25.8 Å². The van der Waals surface area contributed by atoms with E-state index in [-0.39, 0.29) is 11.2 Å². The van der Waals surface area contributed by atoms with Gasteiger partial charge in [-0.05, 0) is 37.5 Å². The Bertz CT molecular complexity index is 552. The number of benzene rings is 1. The second kappa shape index (κ2) is 7.08. The normalized spacial score (nSPS) is 17.7. The number of carbonyl (C=O) groups is 2. The van der Waals surface area contributed by atoms with E-state index in [4.69, 9.17) is 12.2 Å². The Balaban J connectivity index is 1.87. The van der Waals surface area contributed by atoms with Crippen LogP contribution in [-0.2, 0) is 16.0 Å². The molecule has 21 heavy (non-hydrogen) atoms. The maximum Gasteiger partial charge on any atom is 0.244 e. The number of hydrogen-bond acceptors (Lipinski definition) is 4. The zero-order chi connectivity index (χ0) is 15.2. The van der Waals surface area contributed by atoms with Gasteiger partial charge in [0.1, 0.15) is 0 Å². The number of amides is 2. The first-order chi connectivity index (χ1) is 10.1. The van der Waals surface area contributed by atoms with Gasteiger partial charge in [0.05, 0.1) is 0 Å². The SMILES string of the molecule is C[C@H](CCc1ccccc1)N=CC1C(=O)NC(=S)NC1=O. The van der Waals surface area contributed by atoms with Crippen molar-refractivity contribution in [2.75, 3.05) is 0 Å². The second-order valence-electron chi connectivity index (χ2n) is 4.96. The van der Waals surface area contributed by atoms with E-state index < -0.39 is 17.7 Å². The van der Waals surface area contributed by atoms with Gasteiger partial charge in [0, 0.05) is 12.3 Å². The summed E-state index contributed by atoms with van der Waals surface area (Å²) < 4.78 is 0.